The van der Waals surface area contributed by atoms with Crippen molar-refractivity contribution in [1.29, 1.82) is 0 Å². The van der Waals surface area contributed by atoms with Gasteiger partial charge in [0.2, 0.25) is 0 Å². The summed E-state index contributed by atoms with van der Waals surface area (Å²) in [5.41, 5.74) is 12.9. The number of hydrogen-bond donors (Lipinski definition) is 2. The maximum absolute atomic E-state index is 5.47. The Kier molecular flexibility index (Phi) is 6.32. The van der Waals surface area contributed by atoms with E-state index >= 15 is 0 Å². The molecular weight excluding hydrogens is 208 g/mol. The summed E-state index contributed by atoms with van der Waals surface area (Å²) in [7, 11) is 0. The first kappa shape index (κ1) is 13.1. The van der Waals surface area contributed by atoms with E-state index in [-0.39, 0.29) is 0 Å². The zero-order valence-corrected chi connectivity index (χ0v) is 9.89. The summed E-state index contributed by atoms with van der Waals surface area (Å²) < 4.78 is 0. The molecule has 0 saturated carbocycles. The summed E-state index contributed by atoms with van der Waals surface area (Å²) in [6, 6.07) is 12.6. The largest absolute Gasteiger partial charge is 0.359 e. The van der Waals surface area contributed by atoms with E-state index < -0.39 is 0 Å². The Bertz CT molecular complexity index is 433. The van der Waals surface area contributed by atoms with E-state index in [2.05, 4.69) is 24.1 Å². The molecule has 0 bridgehead atoms. The number of hydrogen-bond acceptors (Lipinski definition) is 2. The van der Waals surface area contributed by atoms with E-state index in [1.165, 1.54) is 5.56 Å². The maximum Gasteiger partial charge on any atom is 0.00666 e. The lowest BCUT2D eigenvalue weighted by Gasteiger charge is -1.96. The second-order valence-corrected chi connectivity index (χ2v) is 3.62. The summed E-state index contributed by atoms with van der Waals surface area (Å²) in [5.74, 6) is 2.89. The van der Waals surface area contributed by atoms with Crippen LogP contribution < -0.4 is 11.5 Å². The molecule has 0 aliphatic rings. The molecule has 0 spiro atoms. The Hall–Kier alpha value is -1.98. The summed E-state index contributed by atoms with van der Waals surface area (Å²) in [5, 5.41) is 0. The molecule has 0 aliphatic carbocycles. The van der Waals surface area contributed by atoms with Gasteiger partial charge in [0.15, 0.2) is 0 Å². The number of nitrogens with two attached hydrogens (primary N) is 2. The SMILES string of the molecule is NC#CC(=CC=Cc1ccccc1)CCCN. The molecule has 0 amide bonds. The molecular formula is C15H18N2. The van der Waals surface area contributed by atoms with Gasteiger partial charge in [0, 0.05) is 11.6 Å². The zero-order chi connectivity index (χ0) is 12.3. The molecule has 4 N–H and O–H groups in total. The van der Waals surface area contributed by atoms with Crippen molar-refractivity contribution in [2.45, 2.75) is 12.8 Å². The van der Waals surface area contributed by atoms with Crippen molar-refractivity contribution in [2.75, 3.05) is 6.54 Å². The molecule has 2 nitrogen and oxygen atoms in total. The molecule has 17 heavy (non-hydrogen) atoms. The van der Waals surface area contributed by atoms with Crippen molar-refractivity contribution in [3.8, 4) is 12.0 Å². The van der Waals surface area contributed by atoms with Crippen molar-refractivity contribution in [2.24, 2.45) is 11.5 Å². The van der Waals surface area contributed by atoms with E-state index in [0.717, 1.165) is 18.4 Å². The average Bonchev–Trinajstić information content (AvgIpc) is 2.37. The summed E-state index contributed by atoms with van der Waals surface area (Å²) >= 11 is 0. The summed E-state index contributed by atoms with van der Waals surface area (Å²) in [6.45, 7) is 0.673. The lowest BCUT2D eigenvalue weighted by molar-refractivity contribution is 0.839. The van der Waals surface area contributed by atoms with Crippen molar-refractivity contribution >= 4 is 6.08 Å². The van der Waals surface area contributed by atoms with Gasteiger partial charge in [-0.3, -0.25) is 0 Å². The van der Waals surface area contributed by atoms with Crippen LogP contribution in [-0.2, 0) is 0 Å². The number of rotatable bonds is 5. The Morgan fingerprint density at radius 2 is 2.00 bits per heavy atom. The van der Waals surface area contributed by atoms with Crippen LogP contribution in [0.25, 0.3) is 6.08 Å². The fourth-order valence-corrected chi connectivity index (χ4v) is 1.41. The van der Waals surface area contributed by atoms with Crippen LogP contribution in [-0.4, -0.2) is 6.54 Å². The van der Waals surface area contributed by atoms with Gasteiger partial charge < -0.3 is 11.5 Å². The standard InChI is InChI=1S/C15H18N2/c16-12-5-10-15(11-13-17)9-4-8-14-6-2-1-3-7-14/h1-4,6-9H,5,10,12,16-17H2. The van der Waals surface area contributed by atoms with Gasteiger partial charge in [-0.1, -0.05) is 48.6 Å². The molecule has 0 fully saturated rings. The Morgan fingerprint density at radius 1 is 1.24 bits per heavy atom. The number of allylic oxidation sites excluding steroid dienone is 3. The van der Waals surface area contributed by atoms with Crippen LogP contribution in [0.1, 0.15) is 18.4 Å². The van der Waals surface area contributed by atoms with Gasteiger partial charge in [0.05, 0.1) is 0 Å². The van der Waals surface area contributed by atoms with Gasteiger partial charge in [-0.25, -0.2) is 0 Å². The van der Waals surface area contributed by atoms with Crippen LogP contribution in [0.5, 0.6) is 0 Å². The molecule has 0 unspecified atom stereocenters. The van der Waals surface area contributed by atoms with Gasteiger partial charge >= 0.3 is 0 Å². The van der Waals surface area contributed by atoms with Crippen LogP contribution >= 0.6 is 0 Å². The fourth-order valence-electron chi connectivity index (χ4n) is 1.41. The predicted molar refractivity (Wildman–Crippen MR) is 73.8 cm³/mol. The van der Waals surface area contributed by atoms with Crippen LogP contribution in [0.4, 0.5) is 0 Å². The van der Waals surface area contributed by atoms with E-state index in [4.69, 9.17) is 11.5 Å². The van der Waals surface area contributed by atoms with E-state index in [9.17, 15) is 0 Å². The van der Waals surface area contributed by atoms with Crippen molar-refractivity contribution in [3.05, 3.63) is 53.6 Å². The third-order valence-corrected chi connectivity index (χ3v) is 2.27. The van der Waals surface area contributed by atoms with Crippen LogP contribution in [0.3, 0.4) is 0 Å². The molecule has 1 aromatic rings. The van der Waals surface area contributed by atoms with Crippen molar-refractivity contribution in [1.82, 2.24) is 0 Å². The minimum absolute atomic E-state index is 0.673. The molecule has 88 valence electrons. The van der Waals surface area contributed by atoms with Gasteiger partial charge in [-0.15, -0.1) is 0 Å². The predicted octanol–water partition coefficient (Wildman–Crippen LogP) is 2.28. The lowest BCUT2D eigenvalue weighted by atomic mass is 10.1. The molecule has 2 heteroatoms. The molecule has 0 heterocycles. The molecule has 0 aromatic heterocycles. The molecule has 1 aromatic carbocycles. The molecule has 0 aliphatic heterocycles. The maximum atomic E-state index is 5.47. The first-order valence-electron chi connectivity index (χ1n) is 5.71. The van der Waals surface area contributed by atoms with E-state index in [1.807, 2.05) is 36.4 Å². The first-order valence-corrected chi connectivity index (χ1v) is 5.71. The Morgan fingerprint density at radius 3 is 2.65 bits per heavy atom. The highest BCUT2D eigenvalue weighted by atomic mass is 14.5. The molecule has 1 rings (SSSR count). The minimum atomic E-state index is 0.673. The smallest absolute Gasteiger partial charge is 0.00666 e. The van der Waals surface area contributed by atoms with Crippen molar-refractivity contribution < 1.29 is 0 Å². The van der Waals surface area contributed by atoms with Crippen molar-refractivity contribution in [3.63, 3.8) is 0 Å². The monoisotopic (exact) mass is 226 g/mol. The molecule has 0 atom stereocenters. The highest BCUT2D eigenvalue weighted by Crippen LogP contribution is 2.05. The Balaban J connectivity index is 2.64. The zero-order valence-electron chi connectivity index (χ0n) is 9.89. The first-order chi connectivity index (χ1) is 8.36. The second kappa shape index (κ2) is 8.20. The molecule has 0 radical (unpaired) electrons. The van der Waals surface area contributed by atoms with Crippen LogP contribution in [0.15, 0.2) is 48.1 Å². The normalized spacial score (nSPS) is 11.2. The Labute approximate surface area is 103 Å². The van der Waals surface area contributed by atoms with Gasteiger partial charge in [-0.05, 0) is 30.9 Å². The van der Waals surface area contributed by atoms with Crippen LogP contribution in [0.2, 0.25) is 0 Å². The second-order valence-electron chi connectivity index (χ2n) is 3.62. The van der Waals surface area contributed by atoms with Gasteiger partial charge in [-0.2, -0.15) is 0 Å². The molecule has 0 saturated heterocycles. The minimum Gasteiger partial charge on any atom is -0.359 e. The van der Waals surface area contributed by atoms with Gasteiger partial charge in [0.1, 0.15) is 0 Å². The number of benzene rings is 1. The van der Waals surface area contributed by atoms with Crippen LogP contribution in [0, 0.1) is 12.0 Å². The van der Waals surface area contributed by atoms with Gasteiger partial charge in [0.25, 0.3) is 0 Å². The van der Waals surface area contributed by atoms with E-state index in [0.29, 0.717) is 6.54 Å². The third kappa shape index (κ3) is 5.60. The summed E-state index contributed by atoms with van der Waals surface area (Å²) in [4.78, 5) is 0. The lowest BCUT2D eigenvalue weighted by Crippen LogP contribution is -1.98. The highest BCUT2D eigenvalue weighted by Gasteiger charge is 1.90. The quantitative estimate of drug-likeness (QED) is 0.460. The third-order valence-electron chi connectivity index (χ3n) is 2.27. The highest BCUT2D eigenvalue weighted by molar-refractivity contribution is 5.51. The van der Waals surface area contributed by atoms with E-state index in [1.54, 1.807) is 0 Å². The topological polar surface area (TPSA) is 52.0 Å². The fraction of sp³-hybridized carbons (Fsp3) is 0.200. The average molecular weight is 226 g/mol. The summed E-state index contributed by atoms with van der Waals surface area (Å²) in [6.07, 6.45) is 7.83.